The van der Waals surface area contributed by atoms with Crippen molar-refractivity contribution in [1.82, 2.24) is 4.98 Å². The standard InChI is InChI=1S/C10H11BrClNO2/c11-7-4-9(12)10(13-5-7)15-6-8-2-1-3-14-8/h4-5,8H,1-3,6H2. The molecule has 1 fully saturated rings. The summed E-state index contributed by atoms with van der Waals surface area (Å²) in [6.45, 7) is 1.35. The number of hydrogen-bond donors (Lipinski definition) is 0. The van der Waals surface area contributed by atoms with Crippen molar-refractivity contribution in [3.63, 3.8) is 0 Å². The van der Waals surface area contributed by atoms with Gasteiger partial charge in [0.05, 0.1) is 6.10 Å². The summed E-state index contributed by atoms with van der Waals surface area (Å²) >= 11 is 9.24. The Morgan fingerprint density at radius 3 is 3.20 bits per heavy atom. The Kier molecular flexibility index (Phi) is 3.83. The van der Waals surface area contributed by atoms with Gasteiger partial charge in [0, 0.05) is 17.3 Å². The molecule has 1 aromatic rings. The van der Waals surface area contributed by atoms with Crippen LogP contribution in [0.3, 0.4) is 0 Å². The summed E-state index contributed by atoms with van der Waals surface area (Å²) in [6, 6.07) is 1.76. The maximum Gasteiger partial charge on any atom is 0.232 e. The Balaban J connectivity index is 1.92. The van der Waals surface area contributed by atoms with Crippen LogP contribution in [0, 0.1) is 0 Å². The molecule has 1 aliphatic rings. The molecule has 1 unspecified atom stereocenters. The van der Waals surface area contributed by atoms with Gasteiger partial charge in [-0.05, 0) is 34.8 Å². The SMILES string of the molecule is Clc1cc(Br)cnc1OCC1CCCO1. The molecule has 1 atom stereocenters. The minimum Gasteiger partial charge on any atom is -0.474 e. The maximum absolute atomic E-state index is 5.96. The van der Waals surface area contributed by atoms with E-state index in [0.717, 1.165) is 23.9 Å². The van der Waals surface area contributed by atoms with E-state index in [0.29, 0.717) is 17.5 Å². The van der Waals surface area contributed by atoms with Crippen LogP contribution in [0.25, 0.3) is 0 Å². The van der Waals surface area contributed by atoms with Crippen LogP contribution in [-0.4, -0.2) is 24.3 Å². The predicted molar refractivity (Wildman–Crippen MR) is 61.4 cm³/mol. The van der Waals surface area contributed by atoms with E-state index in [1.54, 1.807) is 12.3 Å². The zero-order valence-electron chi connectivity index (χ0n) is 8.08. The molecule has 0 radical (unpaired) electrons. The van der Waals surface area contributed by atoms with Crippen LogP contribution in [0.5, 0.6) is 5.88 Å². The lowest BCUT2D eigenvalue weighted by molar-refractivity contribution is 0.0664. The Labute approximate surface area is 102 Å². The second kappa shape index (κ2) is 5.14. The van der Waals surface area contributed by atoms with Crippen molar-refractivity contribution in [2.24, 2.45) is 0 Å². The Hall–Kier alpha value is -0.320. The number of aromatic nitrogens is 1. The zero-order valence-corrected chi connectivity index (χ0v) is 10.4. The van der Waals surface area contributed by atoms with Crippen molar-refractivity contribution in [1.29, 1.82) is 0 Å². The predicted octanol–water partition coefficient (Wildman–Crippen LogP) is 3.06. The molecule has 2 heterocycles. The van der Waals surface area contributed by atoms with E-state index >= 15 is 0 Å². The van der Waals surface area contributed by atoms with Crippen LogP contribution in [0.4, 0.5) is 0 Å². The van der Waals surface area contributed by atoms with Gasteiger partial charge in [0.25, 0.3) is 0 Å². The molecule has 1 saturated heterocycles. The second-order valence-corrected chi connectivity index (χ2v) is 4.71. The van der Waals surface area contributed by atoms with Gasteiger partial charge in [0.2, 0.25) is 5.88 Å². The molecule has 3 nitrogen and oxygen atoms in total. The van der Waals surface area contributed by atoms with E-state index < -0.39 is 0 Å². The minimum atomic E-state index is 0.187. The molecule has 0 N–H and O–H groups in total. The lowest BCUT2D eigenvalue weighted by Crippen LogP contribution is -2.16. The third-order valence-corrected chi connectivity index (χ3v) is 2.91. The van der Waals surface area contributed by atoms with Gasteiger partial charge in [-0.3, -0.25) is 0 Å². The average Bonchev–Trinajstić information content (AvgIpc) is 2.69. The molecule has 0 aromatic carbocycles. The number of pyridine rings is 1. The monoisotopic (exact) mass is 291 g/mol. The van der Waals surface area contributed by atoms with Gasteiger partial charge >= 0.3 is 0 Å². The van der Waals surface area contributed by atoms with Crippen molar-refractivity contribution in [3.8, 4) is 5.88 Å². The first kappa shape index (κ1) is 11.2. The number of ether oxygens (including phenoxy) is 2. The van der Waals surface area contributed by atoms with Crippen LogP contribution in [0.2, 0.25) is 5.02 Å². The summed E-state index contributed by atoms with van der Waals surface area (Å²) in [5, 5.41) is 0.516. The Morgan fingerprint density at radius 1 is 1.67 bits per heavy atom. The highest BCUT2D eigenvalue weighted by atomic mass is 79.9. The summed E-state index contributed by atoms with van der Waals surface area (Å²) in [5.74, 6) is 0.468. The summed E-state index contributed by atoms with van der Waals surface area (Å²) in [6.07, 6.45) is 4.01. The van der Waals surface area contributed by atoms with Crippen LogP contribution >= 0.6 is 27.5 Å². The fraction of sp³-hybridized carbons (Fsp3) is 0.500. The summed E-state index contributed by atoms with van der Waals surface area (Å²) in [5.41, 5.74) is 0. The largest absolute Gasteiger partial charge is 0.474 e. The number of hydrogen-bond acceptors (Lipinski definition) is 3. The normalized spacial score (nSPS) is 20.5. The van der Waals surface area contributed by atoms with Gasteiger partial charge in [-0.2, -0.15) is 0 Å². The van der Waals surface area contributed by atoms with E-state index in [4.69, 9.17) is 21.1 Å². The molecule has 15 heavy (non-hydrogen) atoms. The Morgan fingerprint density at radius 2 is 2.53 bits per heavy atom. The van der Waals surface area contributed by atoms with Crippen molar-refractivity contribution < 1.29 is 9.47 Å². The first-order valence-electron chi connectivity index (χ1n) is 4.81. The summed E-state index contributed by atoms with van der Waals surface area (Å²) in [7, 11) is 0. The number of halogens is 2. The third kappa shape index (κ3) is 3.06. The first-order valence-corrected chi connectivity index (χ1v) is 5.98. The average molecular weight is 293 g/mol. The lowest BCUT2D eigenvalue weighted by Gasteiger charge is -2.11. The number of rotatable bonds is 3. The minimum absolute atomic E-state index is 0.187. The zero-order chi connectivity index (χ0) is 10.7. The van der Waals surface area contributed by atoms with Crippen LogP contribution < -0.4 is 4.74 Å². The number of nitrogens with zero attached hydrogens (tertiary/aromatic N) is 1. The molecule has 1 aliphatic heterocycles. The summed E-state index contributed by atoms with van der Waals surface area (Å²) in [4.78, 5) is 4.08. The van der Waals surface area contributed by atoms with Crippen LogP contribution in [0.15, 0.2) is 16.7 Å². The molecule has 5 heteroatoms. The van der Waals surface area contributed by atoms with Gasteiger partial charge in [-0.1, -0.05) is 11.6 Å². The molecule has 2 rings (SSSR count). The molecule has 0 amide bonds. The highest BCUT2D eigenvalue weighted by Gasteiger charge is 2.16. The molecular weight excluding hydrogens is 281 g/mol. The highest BCUT2D eigenvalue weighted by Crippen LogP contribution is 2.25. The van der Waals surface area contributed by atoms with Crippen molar-refractivity contribution in [2.75, 3.05) is 13.2 Å². The molecule has 1 aromatic heterocycles. The van der Waals surface area contributed by atoms with E-state index in [9.17, 15) is 0 Å². The lowest BCUT2D eigenvalue weighted by atomic mass is 10.2. The fourth-order valence-electron chi connectivity index (χ4n) is 1.46. The van der Waals surface area contributed by atoms with Crippen molar-refractivity contribution >= 4 is 27.5 Å². The van der Waals surface area contributed by atoms with Gasteiger partial charge < -0.3 is 9.47 Å². The molecular formula is C10H11BrClNO2. The van der Waals surface area contributed by atoms with Gasteiger partial charge in [0.15, 0.2) is 0 Å². The highest BCUT2D eigenvalue weighted by molar-refractivity contribution is 9.10. The van der Waals surface area contributed by atoms with Gasteiger partial charge in [-0.25, -0.2) is 4.98 Å². The fourth-order valence-corrected chi connectivity index (χ4v) is 2.14. The van der Waals surface area contributed by atoms with Gasteiger partial charge in [0.1, 0.15) is 11.6 Å². The molecule has 0 aliphatic carbocycles. The summed E-state index contributed by atoms with van der Waals surface area (Å²) < 4.78 is 11.8. The molecule has 0 bridgehead atoms. The third-order valence-electron chi connectivity index (χ3n) is 2.20. The smallest absolute Gasteiger partial charge is 0.232 e. The van der Waals surface area contributed by atoms with Gasteiger partial charge in [-0.15, -0.1) is 0 Å². The van der Waals surface area contributed by atoms with E-state index in [1.165, 1.54) is 0 Å². The molecule has 0 spiro atoms. The molecule has 82 valence electrons. The van der Waals surface area contributed by atoms with E-state index in [-0.39, 0.29) is 6.10 Å². The van der Waals surface area contributed by atoms with Crippen molar-refractivity contribution in [2.45, 2.75) is 18.9 Å². The second-order valence-electron chi connectivity index (χ2n) is 3.39. The van der Waals surface area contributed by atoms with Crippen LogP contribution in [0.1, 0.15) is 12.8 Å². The topological polar surface area (TPSA) is 31.4 Å². The Bertz CT molecular complexity index is 342. The quantitative estimate of drug-likeness (QED) is 0.858. The van der Waals surface area contributed by atoms with E-state index in [1.807, 2.05) is 0 Å². The maximum atomic E-state index is 5.96. The molecule has 0 saturated carbocycles. The van der Waals surface area contributed by atoms with Crippen molar-refractivity contribution in [3.05, 3.63) is 21.8 Å². The van der Waals surface area contributed by atoms with Crippen LogP contribution in [-0.2, 0) is 4.74 Å². The van der Waals surface area contributed by atoms with E-state index in [2.05, 4.69) is 20.9 Å². The first-order chi connectivity index (χ1) is 7.25.